The lowest BCUT2D eigenvalue weighted by Gasteiger charge is -2.15. The predicted octanol–water partition coefficient (Wildman–Crippen LogP) is 2.93. The number of rotatable bonds is 5. The minimum absolute atomic E-state index is 0.0468. The van der Waals surface area contributed by atoms with E-state index in [1.807, 2.05) is 6.07 Å². The van der Waals surface area contributed by atoms with Crippen LogP contribution in [-0.4, -0.2) is 18.2 Å². The van der Waals surface area contributed by atoms with Crippen molar-refractivity contribution in [2.75, 3.05) is 0 Å². The van der Waals surface area contributed by atoms with Crippen molar-refractivity contribution < 1.29 is 17.2 Å². The van der Waals surface area contributed by atoms with Crippen molar-refractivity contribution in [3.05, 3.63) is 47.3 Å². The Bertz CT molecular complexity index is 758. The van der Waals surface area contributed by atoms with Crippen molar-refractivity contribution in [2.45, 2.75) is 38.3 Å². The highest BCUT2D eigenvalue weighted by Gasteiger charge is 2.28. The first-order valence-electron chi connectivity index (χ1n) is 6.65. The van der Waals surface area contributed by atoms with Gasteiger partial charge in [0.15, 0.2) is 0 Å². The summed E-state index contributed by atoms with van der Waals surface area (Å²) in [5.74, 6) is 0. The average Bonchev–Trinajstić information content (AvgIpc) is 2.75. The lowest BCUT2D eigenvalue weighted by atomic mass is 10.1. The Morgan fingerprint density at radius 1 is 1.18 bits per heavy atom. The molecule has 1 N–H and O–H groups in total. The molecule has 0 aliphatic heterocycles. The Kier molecular flexibility index (Phi) is 4.62. The van der Waals surface area contributed by atoms with E-state index in [0.717, 1.165) is 5.56 Å². The number of sulfonamides is 1. The summed E-state index contributed by atoms with van der Waals surface area (Å²) < 4.78 is 53.5. The lowest BCUT2D eigenvalue weighted by molar-refractivity contribution is 0.0538. The molecule has 8 heteroatoms. The minimum Gasteiger partial charge on any atom is -0.207 e. The zero-order valence-corrected chi connectivity index (χ0v) is 13.2. The third-order valence-corrected chi connectivity index (χ3v) is 5.14. The molecule has 0 aliphatic rings. The molecule has 5 nitrogen and oxygen atoms in total. The summed E-state index contributed by atoms with van der Waals surface area (Å²) in [6.07, 6.45) is 0. The second kappa shape index (κ2) is 6.13. The Morgan fingerprint density at radius 3 is 2.27 bits per heavy atom. The van der Waals surface area contributed by atoms with E-state index in [0.29, 0.717) is 4.68 Å². The Hall–Kier alpha value is -1.80. The van der Waals surface area contributed by atoms with Crippen LogP contribution >= 0.6 is 0 Å². The Balaban J connectivity index is 2.36. The SMILES string of the molecule is Cc1nn(C(F)F)c(C)c1S(=O)(=O)NC(C)c1ccccc1. The number of alkyl halides is 2. The molecule has 0 saturated heterocycles. The van der Waals surface area contributed by atoms with Crippen molar-refractivity contribution in [3.8, 4) is 0 Å². The van der Waals surface area contributed by atoms with Crippen LogP contribution in [0.25, 0.3) is 0 Å². The van der Waals surface area contributed by atoms with Crippen LogP contribution in [0.15, 0.2) is 35.2 Å². The molecule has 1 heterocycles. The predicted molar refractivity (Wildman–Crippen MR) is 78.1 cm³/mol. The monoisotopic (exact) mass is 329 g/mol. The number of hydrogen-bond donors (Lipinski definition) is 1. The van der Waals surface area contributed by atoms with Crippen LogP contribution in [0.3, 0.4) is 0 Å². The van der Waals surface area contributed by atoms with Crippen LogP contribution in [0.1, 0.15) is 36.5 Å². The third-order valence-electron chi connectivity index (χ3n) is 3.34. The van der Waals surface area contributed by atoms with E-state index < -0.39 is 22.6 Å². The highest BCUT2D eigenvalue weighted by Crippen LogP contribution is 2.25. The number of aryl methyl sites for hydroxylation is 1. The molecule has 2 rings (SSSR count). The zero-order chi connectivity index (χ0) is 16.5. The maximum absolute atomic E-state index is 12.8. The van der Waals surface area contributed by atoms with E-state index in [1.165, 1.54) is 13.8 Å². The summed E-state index contributed by atoms with van der Waals surface area (Å²) in [5.41, 5.74) is 0.744. The summed E-state index contributed by atoms with van der Waals surface area (Å²) in [4.78, 5) is -0.199. The minimum atomic E-state index is -3.95. The van der Waals surface area contributed by atoms with Gasteiger partial charge in [0, 0.05) is 6.04 Å². The molecule has 0 aliphatic carbocycles. The first kappa shape index (κ1) is 16.6. The van der Waals surface area contributed by atoms with Crippen LogP contribution in [0.5, 0.6) is 0 Å². The van der Waals surface area contributed by atoms with Crippen LogP contribution in [-0.2, 0) is 10.0 Å². The molecular weight excluding hydrogens is 312 g/mol. The maximum atomic E-state index is 12.8. The topological polar surface area (TPSA) is 64.0 Å². The van der Waals surface area contributed by atoms with Gasteiger partial charge in [-0.2, -0.15) is 13.9 Å². The molecule has 1 unspecified atom stereocenters. The first-order valence-corrected chi connectivity index (χ1v) is 8.13. The van der Waals surface area contributed by atoms with Gasteiger partial charge in [-0.05, 0) is 26.3 Å². The fraction of sp³-hybridized carbons (Fsp3) is 0.357. The van der Waals surface area contributed by atoms with Gasteiger partial charge in [0.1, 0.15) is 4.90 Å². The van der Waals surface area contributed by atoms with Crippen LogP contribution in [0.4, 0.5) is 8.78 Å². The molecule has 1 aromatic heterocycles. The van der Waals surface area contributed by atoms with E-state index in [-0.39, 0.29) is 16.3 Å². The summed E-state index contributed by atoms with van der Waals surface area (Å²) in [5, 5.41) is 3.60. The van der Waals surface area contributed by atoms with Crippen molar-refractivity contribution in [1.29, 1.82) is 0 Å². The van der Waals surface area contributed by atoms with E-state index in [2.05, 4.69) is 9.82 Å². The van der Waals surface area contributed by atoms with Gasteiger partial charge < -0.3 is 0 Å². The highest BCUT2D eigenvalue weighted by atomic mass is 32.2. The summed E-state index contributed by atoms with van der Waals surface area (Å²) in [6, 6.07) is 8.51. The molecule has 0 saturated carbocycles. The molecule has 1 atom stereocenters. The summed E-state index contributed by atoms with van der Waals surface area (Å²) in [6.45, 7) is 1.52. The molecule has 0 spiro atoms. The van der Waals surface area contributed by atoms with Crippen LogP contribution < -0.4 is 4.72 Å². The molecule has 120 valence electrons. The van der Waals surface area contributed by atoms with Crippen molar-refractivity contribution in [1.82, 2.24) is 14.5 Å². The molecule has 2 aromatic rings. The lowest BCUT2D eigenvalue weighted by Crippen LogP contribution is -2.27. The van der Waals surface area contributed by atoms with Gasteiger partial charge in [-0.3, -0.25) is 0 Å². The van der Waals surface area contributed by atoms with Gasteiger partial charge in [0.05, 0.1) is 11.4 Å². The van der Waals surface area contributed by atoms with E-state index >= 15 is 0 Å². The van der Waals surface area contributed by atoms with Gasteiger partial charge in [0.25, 0.3) is 0 Å². The van der Waals surface area contributed by atoms with Crippen molar-refractivity contribution in [3.63, 3.8) is 0 Å². The van der Waals surface area contributed by atoms with Gasteiger partial charge in [0.2, 0.25) is 10.0 Å². The zero-order valence-electron chi connectivity index (χ0n) is 12.4. The standard InChI is InChI=1S/C14H17F2N3O2S/c1-9(12-7-5-4-6-8-12)18-22(20,21)13-10(2)17-19(11(13)3)14(15)16/h4-9,14,18H,1-3H3. The normalized spacial score (nSPS) is 13.5. The Labute approximate surface area is 128 Å². The number of benzene rings is 1. The quantitative estimate of drug-likeness (QED) is 0.917. The number of nitrogens with one attached hydrogen (secondary N) is 1. The molecule has 22 heavy (non-hydrogen) atoms. The Morgan fingerprint density at radius 2 is 1.77 bits per heavy atom. The smallest absolute Gasteiger partial charge is 0.207 e. The van der Waals surface area contributed by atoms with Crippen LogP contribution in [0.2, 0.25) is 0 Å². The summed E-state index contributed by atoms with van der Waals surface area (Å²) >= 11 is 0. The molecule has 0 bridgehead atoms. The average molecular weight is 329 g/mol. The fourth-order valence-corrected chi connectivity index (χ4v) is 3.96. The number of aromatic nitrogens is 2. The molecule has 0 amide bonds. The van der Waals surface area contributed by atoms with Gasteiger partial charge >= 0.3 is 6.55 Å². The number of halogens is 2. The van der Waals surface area contributed by atoms with E-state index in [1.54, 1.807) is 31.2 Å². The maximum Gasteiger partial charge on any atom is 0.333 e. The van der Waals surface area contributed by atoms with Gasteiger partial charge in [-0.25, -0.2) is 17.8 Å². The second-order valence-electron chi connectivity index (χ2n) is 4.98. The largest absolute Gasteiger partial charge is 0.333 e. The van der Waals surface area contributed by atoms with E-state index in [4.69, 9.17) is 0 Å². The summed E-state index contributed by atoms with van der Waals surface area (Å²) in [7, 11) is -3.95. The van der Waals surface area contributed by atoms with Gasteiger partial charge in [-0.15, -0.1) is 0 Å². The second-order valence-corrected chi connectivity index (χ2v) is 6.63. The van der Waals surface area contributed by atoms with E-state index in [9.17, 15) is 17.2 Å². The number of nitrogens with zero attached hydrogens (tertiary/aromatic N) is 2. The third kappa shape index (κ3) is 3.17. The fourth-order valence-electron chi connectivity index (χ4n) is 2.33. The van der Waals surface area contributed by atoms with Gasteiger partial charge in [-0.1, -0.05) is 30.3 Å². The van der Waals surface area contributed by atoms with Crippen LogP contribution in [0, 0.1) is 13.8 Å². The number of hydrogen-bond acceptors (Lipinski definition) is 3. The van der Waals surface area contributed by atoms with Crippen molar-refractivity contribution in [2.24, 2.45) is 0 Å². The first-order chi connectivity index (χ1) is 10.2. The molecule has 0 radical (unpaired) electrons. The molecular formula is C14H17F2N3O2S. The van der Waals surface area contributed by atoms with Crippen molar-refractivity contribution >= 4 is 10.0 Å². The molecule has 0 fully saturated rings. The highest BCUT2D eigenvalue weighted by molar-refractivity contribution is 7.89. The molecule has 1 aromatic carbocycles.